The van der Waals surface area contributed by atoms with Crippen molar-refractivity contribution in [1.29, 1.82) is 0 Å². The minimum atomic E-state index is -0.807. The minimum Gasteiger partial charge on any atom is -0.388 e. The van der Waals surface area contributed by atoms with Crippen LogP contribution in [0.3, 0.4) is 0 Å². The number of nitrogens with one attached hydrogen (secondary N) is 1. The van der Waals surface area contributed by atoms with Crippen LogP contribution in [0.25, 0.3) is 0 Å². The van der Waals surface area contributed by atoms with Gasteiger partial charge in [0.1, 0.15) is 6.04 Å². The molecule has 24 heavy (non-hydrogen) atoms. The molecule has 1 aliphatic carbocycles. The van der Waals surface area contributed by atoms with Crippen molar-refractivity contribution >= 4 is 17.5 Å². The molecule has 2 aliphatic rings. The van der Waals surface area contributed by atoms with Gasteiger partial charge in [0.15, 0.2) is 0 Å². The first-order chi connectivity index (χ1) is 11.5. The number of hydrogen-bond donors (Lipinski definition) is 2. The van der Waals surface area contributed by atoms with E-state index in [1.54, 1.807) is 4.90 Å². The summed E-state index contributed by atoms with van der Waals surface area (Å²) in [5.41, 5.74) is 1.03. The van der Waals surface area contributed by atoms with E-state index in [2.05, 4.69) is 5.32 Å². The average Bonchev–Trinajstić information content (AvgIpc) is 2.82. The number of amides is 2. The van der Waals surface area contributed by atoms with Gasteiger partial charge in [-0.15, -0.1) is 0 Å². The summed E-state index contributed by atoms with van der Waals surface area (Å²) in [6.07, 6.45) is 6.28. The zero-order chi connectivity index (χ0) is 17.2. The number of rotatable bonds is 3. The van der Waals surface area contributed by atoms with E-state index < -0.39 is 11.6 Å². The van der Waals surface area contributed by atoms with Crippen LogP contribution in [0.15, 0.2) is 24.3 Å². The predicted octanol–water partition coefficient (Wildman–Crippen LogP) is 2.17. The first-order valence-electron chi connectivity index (χ1n) is 8.88. The van der Waals surface area contributed by atoms with Crippen molar-refractivity contribution in [3.63, 3.8) is 0 Å². The Bertz CT molecular complexity index is 621. The highest BCUT2D eigenvalue weighted by atomic mass is 16.3. The number of nitrogens with zero attached hydrogens (tertiary/aromatic N) is 1. The first kappa shape index (κ1) is 17.0. The normalized spacial score (nSPS) is 22.6. The molecule has 0 bridgehead atoms. The Hall–Kier alpha value is -1.88. The average molecular weight is 330 g/mol. The lowest BCUT2D eigenvalue weighted by atomic mass is 9.94. The molecule has 2 amide bonds. The summed E-state index contributed by atoms with van der Waals surface area (Å²) >= 11 is 0. The number of benzene rings is 1. The Morgan fingerprint density at radius 1 is 1.21 bits per heavy atom. The number of carbonyl (C=O) groups is 2. The molecule has 0 saturated heterocycles. The molecule has 1 atom stereocenters. The molecule has 0 spiro atoms. The van der Waals surface area contributed by atoms with Crippen molar-refractivity contribution < 1.29 is 14.7 Å². The summed E-state index contributed by atoms with van der Waals surface area (Å²) in [5.74, 6) is -0.313. The third-order valence-corrected chi connectivity index (χ3v) is 5.24. The van der Waals surface area contributed by atoms with Crippen molar-refractivity contribution in [1.82, 2.24) is 5.32 Å². The second-order valence-electron chi connectivity index (χ2n) is 7.09. The van der Waals surface area contributed by atoms with E-state index in [0.717, 1.165) is 49.8 Å². The van der Waals surface area contributed by atoms with Gasteiger partial charge in [-0.25, -0.2) is 0 Å². The van der Waals surface area contributed by atoms with Crippen molar-refractivity contribution in [2.24, 2.45) is 0 Å². The highest BCUT2D eigenvalue weighted by molar-refractivity contribution is 6.02. The Morgan fingerprint density at radius 2 is 1.88 bits per heavy atom. The summed E-state index contributed by atoms with van der Waals surface area (Å²) in [7, 11) is 0. The lowest BCUT2D eigenvalue weighted by Crippen LogP contribution is -2.51. The molecule has 0 radical (unpaired) electrons. The first-order valence-corrected chi connectivity index (χ1v) is 8.88. The van der Waals surface area contributed by atoms with Crippen LogP contribution in [-0.2, 0) is 16.0 Å². The fourth-order valence-electron chi connectivity index (χ4n) is 3.92. The van der Waals surface area contributed by atoms with Crippen LogP contribution >= 0.6 is 0 Å². The third-order valence-electron chi connectivity index (χ3n) is 5.24. The zero-order valence-electron chi connectivity index (χ0n) is 14.3. The zero-order valence-corrected chi connectivity index (χ0v) is 14.3. The van der Waals surface area contributed by atoms with Gasteiger partial charge in [0.25, 0.3) is 0 Å². The lowest BCUT2D eigenvalue weighted by molar-refractivity contribution is -0.126. The highest BCUT2D eigenvalue weighted by Crippen LogP contribution is 2.32. The summed E-state index contributed by atoms with van der Waals surface area (Å²) in [4.78, 5) is 26.3. The quantitative estimate of drug-likeness (QED) is 0.835. The Kier molecular flexibility index (Phi) is 4.90. The molecular formula is C19H26N2O3. The van der Waals surface area contributed by atoms with Crippen LogP contribution in [0.4, 0.5) is 5.69 Å². The number of hydrogen-bond acceptors (Lipinski definition) is 3. The van der Waals surface area contributed by atoms with Crippen LogP contribution < -0.4 is 10.2 Å². The van der Waals surface area contributed by atoms with E-state index in [9.17, 15) is 14.7 Å². The number of fused-ring (bicyclic) bond motifs is 1. The Morgan fingerprint density at radius 3 is 2.54 bits per heavy atom. The second-order valence-corrected chi connectivity index (χ2v) is 7.09. The van der Waals surface area contributed by atoms with Crippen LogP contribution in [-0.4, -0.2) is 35.1 Å². The maximum Gasteiger partial charge on any atom is 0.243 e. The monoisotopic (exact) mass is 330 g/mol. The molecule has 3 rings (SSSR count). The van der Waals surface area contributed by atoms with Crippen molar-refractivity contribution in [2.75, 3.05) is 11.4 Å². The standard InChI is InChI=1S/C19H26N2O3/c1-14(22)21-16-9-5-4-8-15(16)12-17(21)18(23)20-13-19(24)10-6-2-3-7-11-19/h4-5,8-9,17,24H,2-3,6-7,10-13H2,1H3,(H,20,23)/t17-/m0/s1. The van der Waals surface area contributed by atoms with Gasteiger partial charge in [-0.3, -0.25) is 14.5 Å². The number of aliphatic hydroxyl groups is 1. The summed E-state index contributed by atoms with van der Waals surface area (Å²) in [6.45, 7) is 1.76. The van der Waals surface area contributed by atoms with Gasteiger partial charge in [0.05, 0.1) is 5.60 Å². The van der Waals surface area contributed by atoms with Crippen molar-refractivity contribution in [2.45, 2.75) is 63.5 Å². The molecule has 1 saturated carbocycles. The second kappa shape index (κ2) is 6.93. The van der Waals surface area contributed by atoms with Crippen LogP contribution in [0.2, 0.25) is 0 Å². The molecule has 1 aromatic carbocycles. The van der Waals surface area contributed by atoms with E-state index in [4.69, 9.17) is 0 Å². The SMILES string of the molecule is CC(=O)N1c2ccccc2C[C@H]1C(=O)NCC1(O)CCCCCC1. The fourth-order valence-corrected chi connectivity index (χ4v) is 3.92. The van der Waals surface area contributed by atoms with Crippen molar-refractivity contribution in [3.05, 3.63) is 29.8 Å². The predicted molar refractivity (Wildman–Crippen MR) is 92.8 cm³/mol. The maximum absolute atomic E-state index is 12.7. The molecule has 1 aromatic rings. The molecular weight excluding hydrogens is 304 g/mol. The van der Waals surface area contributed by atoms with Crippen LogP contribution in [0, 0.1) is 0 Å². The van der Waals surface area contributed by atoms with Crippen molar-refractivity contribution in [3.8, 4) is 0 Å². The largest absolute Gasteiger partial charge is 0.388 e. The van der Waals surface area contributed by atoms with Crippen LogP contribution in [0.1, 0.15) is 51.0 Å². The molecule has 0 aromatic heterocycles. The summed E-state index contributed by atoms with van der Waals surface area (Å²) in [6, 6.07) is 7.11. The van der Waals surface area contributed by atoms with E-state index in [-0.39, 0.29) is 18.4 Å². The number of para-hydroxylation sites is 1. The van der Waals surface area contributed by atoms with Gasteiger partial charge in [0, 0.05) is 25.6 Å². The molecule has 1 fully saturated rings. The van der Waals surface area contributed by atoms with Gasteiger partial charge < -0.3 is 10.4 Å². The van der Waals surface area contributed by atoms with Gasteiger partial charge in [-0.1, -0.05) is 43.9 Å². The minimum absolute atomic E-state index is 0.131. The molecule has 5 nitrogen and oxygen atoms in total. The van der Waals surface area contributed by atoms with Gasteiger partial charge in [-0.05, 0) is 24.5 Å². The van der Waals surface area contributed by atoms with E-state index in [1.165, 1.54) is 6.92 Å². The van der Waals surface area contributed by atoms with E-state index >= 15 is 0 Å². The summed E-state index contributed by atoms with van der Waals surface area (Å²) < 4.78 is 0. The molecule has 1 aliphatic heterocycles. The molecule has 1 heterocycles. The lowest BCUT2D eigenvalue weighted by Gasteiger charge is -2.29. The fraction of sp³-hybridized carbons (Fsp3) is 0.579. The van der Waals surface area contributed by atoms with Gasteiger partial charge in [0.2, 0.25) is 11.8 Å². The smallest absolute Gasteiger partial charge is 0.243 e. The molecule has 130 valence electrons. The summed E-state index contributed by atoms with van der Waals surface area (Å²) in [5, 5.41) is 13.6. The number of anilines is 1. The maximum atomic E-state index is 12.7. The molecule has 0 unspecified atom stereocenters. The topological polar surface area (TPSA) is 69.6 Å². The Labute approximate surface area is 143 Å². The van der Waals surface area contributed by atoms with E-state index in [0.29, 0.717) is 6.42 Å². The Balaban J connectivity index is 1.68. The van der Waals surface area contributed by atoms with Gasteiger partial charge in [-0.2, -0.15) is 0 Å². The van der Waals surface area contributed by atoms with Gasteiger partial charge >= 0.3 is 0 Å². The van der Waals surface area contributed by atoms with Crippen LogP contribution in [0.5, 0.6) is 0 Å². The van der Waals surface area contributed by atoms with E-state index in [1.807, 2.05) is 24.3 Å². The molecule has 5 heteroatoms. The molecule has 2 N–H and O–H groups in total. The number of carbonyl (C=O) groups excluding carboxylic acids is 2. The third kappa shape index (κ3) is 3.46. The highest BCUT2D eigenvalue weighted by Gasteiger charge is 2.37.